The van der Waals surface area contributed by atoms with E-state index in [0.717, 1.165) is 0 Å². The first-order chi connectivity index (χ1) is 8.00. The lowest BCUT2D eigenvalue weighted by atomic mass is 9.89. The van der Waals surface area contributed by atoms with Crippen molar-refractivity contribution >= 4 is 33.3 Å². The molecular formula is C12H11BrFNO2. The van der Waals surface area contributed by atoms with Crippen molar-refractivity contribution in [1.29, 1.82) is 0 Å². The van der Waals surface area contributed by atoms with Crippen LogP contribution in [-0.4, -0.2) is 11.7 Å². The first-order valence-corrected chi connectivity index (χ1v) is 6.11. The van der Waals surface area contributed by atoms with Crippen LogP contribution in [0.15, 0.2) is 10.5 Å². The fraction of sp³-hybridized carbons (Fsp3) is 0.333. The first-order valence-electron chi connectivity index (χ1n) is 5.32. The Kier molecular flexibility index (Phi) is 3.28. The Balaban J connectivity index is 2.63. The summed E-state index contributed by atoms with van der Waals surface area (Å²) >= 11 is 3.15. The predicted molar refractivity (Wildman–Crippen MR) is 65.7 cm³/mol. The molecule has 1 amide bonds. The number of anilines is 1. The van der Waals surface area contributed by atoms with E-state index in [-0.39, 0.29) is 17.4 Å². The summed E-state index contributed by atoms with van der Waals surface area (Å²) < 4.78 is 14.0. The van der Waals surface area contributed by atoms with Crippen molar-refractivity contribution in [3.05, 3.63) is 27.5 Å². The third kappa shape index (κ3) is 2.24. The Bertz CT molecular complexity index is 514. The van der Waals surface area contributed by atoms with E-state index in [4.69, 9.17) is 0 Å². The minimum atomic E-state index is -0.456. The Labute approximate surface area is 107 Å². The number of carbonyl (C=O) groups excluding carboxylic acids is 2. The van der Waals surface area contributed by atoms with Crippen molar-refractivity contribution in [2.45, 2.75) is 26.2 Å². The smallest absolute Gasteiger partial charge is 0.221 e. The fourth-order valence-electron chi connectivity index (χ4n) is 2.07. The molecule has 0 saturated carbocycles. The van der Waals surface area contributed by atoms with Crippen LogP contribution in [0.2, 0.25) is 0 Å². The molecule has 17 heavy (non-hydrogen) atoms. The molecule has 0 atom stereocenters. The standard InChI is InChI=1S/C12H11BrFNO2/c1-6(16)15-9-5-8(14)12(13)7-3-2-4-10(17)11(7)9/h5H,2-4H2,1H3,(H,15,16). The zero-order chi connectivity index (χ0) is 12.6. The van der Waals surface area contributed by atoms with Gasteiger partial charge in [0.05, 0.1) is 10.2 Å². The van der Waals surface area contributed by atoms with E-state index < -0.39 is 5.82 Å². The molecule has 2 rings (SSSR count). The van der Waals surface area contributed by atoms with Gasteiger partial charge in [-0.3, -0.25) is 9.59 Å². The van der Waals surface area contributed by atoms with Crippen LogP contribution in [0.4, 0.5) is 10.1 Å². The Morgan fingerprint density at radius 2 is 2.18 bits per heavy atom. The molecule has 0 radical (unpaired) electrons. The molecule has 0 fully saturated rings. The van der Waals surface area contributed by atoms with E-state index in [0.29, 0.717) is 34.9 Å². The molecule has 0 aliphatic heterocycles. The van der Waals surface area contributed by atoms with E-state index in [1.165, 1.54) is 13.0 Å². The number of halogens is 2. The van der Waals surface area contributed by atoms with Gasteiger partial charge in [0.2, 0.25) is 5.91 Å². The number of fused-ring (bicyclic) bond motifs is 1. The van der Waals surface area contributed by atoms with Crippen LogP contribution in [0, 0.1) is 5.82 Å². The SMILES string of the molecule is CC(=O)Nc1cc(F)c(Br)c2c1C(=O)CCC2. The maximum Gasteiger partial charge on any atom is 0.221 e. The lowest BCUT2D eigenvalue weighted by Crippen LogP contribution is -2.18. The van der Waals surface area contributed by atoms with Gasteiger partial charge >= 0.3 is 0 Å². The number of nitrogens with one attached hydrogen (secondary N) is 1. The number of rotatable bonds is 1. The number of Topliss-reactive ketones (excluding diaryl/α,β-unsaturated/α-hetero) is 1. The van der Waals surface area contributed by atoms with Gasteiger partial charge < -0.3 is 5.32 Å². The topological polar surface area (TPSA) is 46.2 Å². The van der Waals surface area contributed by atoms with Crippen LogP contribution in [0.5, 0.6) is 0 Å². The Morgan fingerprint density at radius 3 is 2.82 bits per heavy atom. The van der Waals surface area contributed by atoms with Crippen LogP contribution < -0.4 is 5.32 Å². The maximum atomic E-state index is 13.6. The van der Waals surface area contributed by atoms with E-state index in [1.807, 2.05) is 0 Å². The molecule has 3 nitrogen and oxygen atoms in total. The van der Waals surface area contributed by atoms with Crippen LogP contribution >= 0.6 is 15.9 Å². The van der Waals surface area contributed by atoms with Gasteiger partial charge in [0.1, 0.15) is 5.82 Å². The van der Waals surface area contributed by atoms with Gasteiger partial charge in [0.25, 0.3) is 0 Å². The van der Waals surface area contributed by atoms with Gasteiger partial charge in [-0.25, -0.2) is 4.39 Å². The number of hydrogen-bond acceptors (Lipinski definition) is 2. The van der Waals surface area contributed by atoms with Gasteiger partial charge in [0, 0.05) is 18.9 Å². The van der Waals surface area contributed by atoms with Crippen molar-refractivity contribution in [1.82, 2.24) is 0 Å². The van der Waals surface area contributed by atoms with Crippen molar-refractivity contribution in [3.63, 3.8) is 0 Å². The highest BCUT2D eigenvalue weighted by Gasteiger charge is 2.25. The summed E-state index contributed by atoms with van der Waals surface area (Å²) in [6.07, 6.45) is 1.80. The second-order valence-corrected chi connectivity index (χ2v) is 4.82. The number of carbonyl (C=O) groups is 2. The largest absolute Gasteiger partial charge is 0.326 e. The highest BCUT2D eigenvalue weighted by atomic mass is 79.9. The lowest BCUT2D eigenvalue weighted by Gasteiger charge is -2.20. The molecule has 1 aliphatic rings. The highest BCUT2D eigenvalue weighted by Crippen LogP contribution is 2.35. The van der Waals surface area contributed by atoms with Gasteiger partial charge in [-0.05, 0) is 40.4 Å². The van der Waals surface area contributed by atoms with E-state index >= 15 is 0 Å². The Hall–Kier alpha value is -1.23. The molecule has 0 unspecified atom stereocenters. The highest BCUT2D eigenvalue weighted by molar-refractivity contribution is 9.10. The quantitative estimate of drug-likeness (QED) is 0.866. The zero-order valence-electron chi connectivity index (χ0n) is 9.27. The van der Waals surface area contributed by atoms with Gasteiger partial charge in [-0.2, -0.15) is 0 Å². The number of benzene rings is 1. The van der Waals surface area contributed by atoms with Crippen LogP contribution in [0.25, 0.3) is 0 Å². The molecule has 1 aliphatic carbocycles. The minimum absolute atomic E-state index is 0.0456. The monoisotopic (exact) mass is 299 g/mol. The number of hydrogen-bond donors (Lipinski definition) is 1. The third-order valence-electron chi connectivity index (χ3n) is 2.74. The molecule has 0 spiro atoms. The summed E-state index contributed by atoms with van der Waals surface area (Å²) in [7, 11) is 0. The van der Waals surface area contributed by atoms with Gasteiger partial charge in [-0.15, -0.1) is 0 Å². The summed E-state index contributed by atoms with van der Waals surface area (Å²) in [6, 6.07) is 1.19. The predicted octanol–water partition coefficient (Wildman–Crippen LogP) is 3.07. The molecule has 5 heteroatoms. The normalized spacial score (nSPS) is 14.4. The molecule has 1 N–H and O–H groups in total. The molecule has 1 aromatic rings. The van der Waals surface area contributed by atoms with Crippen molar-refractivity contribution in [2.24, 2.45) is 0 Å². The summed E-state index contributed by atoms with van der Waals surface area (Å²) in [5, 5.41) is 2.51. The van der Waals surface area contributed by atoms with Crippen LogP contribution in [0.1, 0.15) is 35.7 Å². The van der Waals surface area contributed by atoms with E-state index in [1.54, 1.807) is 0 Å². The molecule has 0 heterocycles. The summed E-state index contributed by atoms with van der Waals surface area (Å²) in [5.74, 6) is -0.815. The van der Waals surface area contributed by atoms with Crippen LogP contribution in [-0.2, 0) is 11.2 Å². The van der Waals surface area contributed by atoms with Crippen molar-refractivity contribution in [3.8, 4) is 0 Å². The summed E-state index contributed by atoms with van der Waals surface area (Å²) in [4.78, 5) is 22.9. The molecule has 1 aromatic carbocycles. The zero-order valence-corrected chi connectivity index (χ0v) is 10.9. The average molecular weight is 300 g/mol. The first kappa shape index (κ1) is 12.2. The second kappa shape index (κ2) is 4.56. The van der Waals surface area contributed by atoms with E-state index in [2.05, 4.69) is 21.2 Å². The van der Waals surface area contributed by atoms with E-state index in [9.17, 15) is 14.0 Å². The van der Waals surface area contributed by atoms with Crippen molar-refractivity contribution in [2.75, 3.05) is 5.32 Å². The minimum Gasteiger partial charge on any atom is -0.326 e. The van der Waals surface area contributed by atoms with Gasteiger partial charge in [-0.1, -0.05) is 0 Å². The third-order valence-corrected chi connectivity index (χ3v) is 3.59. The molecule has 0 saturated heterocycles. The molecule has 0 bridgehead atoms. The Morgan fingerprint density at radius 1 is 1.47 bits per heavy atom. The molecule has 90 valence electrons. The maximum absolute atomic E-state index is 13.6. The van der Waals surface area contributed by atoms with Gasteiger partial charge in [0.15, 0.2) is 5.78 Å². The fourth-order valence-corrected chi connectivity index (χ4v) is 2.58. The number of amides is 1. The van der Waals surface area contributed by atoms with Crippen LogP contribution in [0.3, 0.4) is 0 Å². The molecule has 0 aromatic heterocycles. The summed E-state index contributed by atoms with van der Waals surface area (Å²) in [5.41, 5.74) is 1.38. The molecular weight excluding hydrogens is 289 g/mol. The lowest BCUT2D eigenvalue weighted by molar-refractivity contribution is -0.114. The second-order valence-electron chi connectivity index (χ2n) is 4.03. The number of ketones is 1. The average Bonchev–Trinajstić information content (AvgIpc) is 2.24. The van der Waals surface area contributed by atoms with Crippen molar-refractivity contribution < 1.29 is 14.0 Å². The summed E-state index contributed by atoms with van der Waals surface area (Å²) in [6.45, 7) is 1.33.